The van der Waals surface area contributed by atoms with Gasteiger partial charge in [0.25, 0.3) is 0 Å². The van der Waals surface area contributed by atoms with E-state index in [1.54, 1.807) is 0 Å². The third kappa shape index (κ3) is 1.14. The molecule has 0 N–H and O–H groups in total. The van der Waals surface area contributed by atoms with Crippen molar-refractivity contribution < 1.29 is 8.81 Å². The second kappa shape index (κ2) is 2.83. The third-order valence-electron chi connectivity index (χ3n) is 2.63. The summed E-state index contributed by atoms with van der Waals surface area (Å²) in [6.07, 6.45) is 0. The zero-order valence-electron chi connectivity index (χ0n) is 8.25. The lowest BCUT2D eigenvalue weighted by molar-refractivity contribution is 0.624. The summed E-state index contributed by atoms with van der Waals surface area (Å²) in [4.78, 5) is 0. The number of hydrogen-bond donors (Lipinski definition) is 0. The average Bonchev–Trinajstić information content (AvgIpc) is 2.57. The van der Waals surface area contributed by atoms with Gasteiger partial charge in [-0.15, -0.1) is 0 Å². The van der Waals surface area contributed by atoms with Crippen LogP contribution in [0, 0.1) is 12.7 Å². The summed E-state index contributed by atoms with van der Waals surface area (Å²) in [7, 11) is 0. The van der Waals surface area contributed by atoms with Crippen LogP contribution < -0.4 is 0 Å². The smallest absolute Gasteiger partial charge is 0.138 e. The van der Waals surface area contributed by atoms with Crippen molar-refractivity contribution in [3.63, 3.8) is 0 Å². The van der Waals surface area contributed by atoms with E-state index in [1.165, 1.54) is 12.1 Å². The predicted octanol–water partition coefficient (Wildman–Crippen LogP) is 4.03. The van der Waals surface area contributed by atoms with Crippen molar-refractivity contribution in [3.8, 4) is 0 Å². The Morgan fingerprint density at radius 1 is 1.07 bits per heavy atom. The largest absolute Gasteiger partial charge is 0.456 e. The molecular weight excluding hydrogens is 191 g/mol. The van der Waals surface area contributed by atoms with Gasteiger partial charge >= 0.3 is 0 Å². The lowest BCUT2D eigenvalue weighted by atomic mass is 10.1. The summed E-state index contributed by atoms with van der Waals surface area (Å²) in [6, 6.07) is 10.7. The molecule has 3 aromatic rings. The van der Waals surface area contributed by atoms with E-state index in [0.717, 1.165) is 27.5 Å². The molecule has 0 aliphatic heterocycles. The molecule has 0 unspecified atom stereocenters. The second-order valence-corrected chi connectivity index (χ2v) is 3.70. The number of rotatable bonds is 0. The van der Waals surface area contributed by atoms with Crippen molar-refractivity contribution in [1.29, 1.82) is 0 Å². The number of fused-ring (bicyclic) bond motifs is 3. The van der Waals surface area contributed by atoms with E-state index in [0.29, 0.717) is 0 Å². The Kier molecular flexibility index (Phi) is 1.60. The first-order valence-electron chi connectivity index (χ1n) is 4.83. The normalized spacial score (nSPS) is 11.3. The molecule has 1 aromatic heterocycles. The molecule has 2 heteroatoms. The van der Waals surface area contributed by atoms with Gasteiger partial charge in [0.1, 0.15) is 17.0 Å². The lowest BCUT2D eigenvalue weighted by Crippen LogP contribution is -1.77. The number of benzene rings is 2. The van der Waals surface area contributed by atoms with E-state index < -0.39 is 0 Å². The van der Waals surface area contributed by atoms with Crippen molar-refractivity contribution >= 4 is 21.9 Å². The summed E-state index contributed by atoms with van der Waals surface area (Å²) in [5, 5.41) is 1.82. The second-order valence-electron chi connectivity index (χ2n) is 3.70. The number of aryl methyl sites for hydroxylation is 1. The zero-order valence-corrected chi connectivity index (χ0v) is 8.25. The predicted molar refractivity (Wildman–Crippen MR) is 58.4 cm³/mol. The first-order chi connectivity index (χ1) is 7.25. The fourth-order valence-corrected chi connectivity index (χ4v) is 1.95. The highest BCUT2D eigenvalue weighted by Gasteiger charge is 2.09. The molecule has 0 bridgehead atoms. The summed E-state index contributed by atoms with van der Waals surface area (Å²) in [6.45, 7) is 1.85. The fraction of sp³-hybridized carbons (Fsp3) is 0.0769. The SMILES string of the molecule is Cc1cc(F)cc2c1oc1ccccc12. The minimum Gasteiger partial charge on any atom is -0.456 e. The minimum atomic E-state index is -0.216. The van der Waals surface area contributed by atoms with Crippen LogP contribution in [0.25, 0.3) is 21.9 Å². The molecule has 1 nitrogen and oxygen atoms in total. The van der Waals surface area contributed by atoms with Crippen molar-refractivity contribution in [2.75, 3.05) is 0 Å². The molecule has 0 aliphatic rings. The average molecular weight is 200 g/mol. The maximum absolute atomic E-state index is 13.3. The molecule has 0 atom stereocenters. The lowest BCUT2D eigenvalue weighted by Gasteiger charge is -1.94. The van der Waals surface area contributed by atoms with Crippen LogP contribution in [0.3, 0.4) is 0 Å². The van der Waals surface area contributed by atoms with Crippen molar-refractivity contribution in [3.05, 3.63) is 47.8 Å². The van der Waals surface area contributed by atoms with Gasteiger partial charge in [0.15, 0.2) is 0 Å². The molecule has 0 radical (unpaired) electrons. The van der Waals surface area contributed by atoms with Crippen LogP contribution in [-0.2, 0) is 0 Å². The number of halogens is 1. The van der Waals surface area contributed by atoms with Crippen molar-refractivity contribution in [1.82, 2.24) is 0 Å². The van der Waals surface area contributed by atoms with Gasteiger partial charge in [-0.1, -0.05) is 18.2 Å². The van der Waals surface area contributed by atoms with Crippen LogP contribution in [0.15, 0.2) is 40.8 Å². The molecule has 0 amide bonds. The van der Waals surface area contributed by atoms with Crippen molar-refractivity contribution in [2.45, 2.75) is 6.92 Å². The molecular formula is C13H9FO. The number of furan rings is 1. The van der Waals surface area contributed by atoms with Crippen LogP contribution in [0.2, 0.25) is 0 Å². The number of para-hydroxylation sites is 1. The van der Waals surface area contributed by atoms with E-state index in [-0.39, 0.29) is 5.82 Å². The third-order valence-corrected chi connectivity index (χ3v) is 2.63. The van der Waals surface area contributed by atoms with Crippen LogP contribution >= 0.6 is 0 Å². The highest BCUT2D eigenvalue weighted by atomic mass is 19.1. The topological polar surface area (TPSA) is 13.1 Å². The molecule has 0 saturated heterocycles. The molecule has 0 aliphatic carbocycles. The van der Waals surface area contributed by atoms with E-state index in [4.69, 9.17) is 4.42 Å². The first kappa shape index (κ1) is 8.48. The maximum Gasteiger partial charge on any atom is 0.138 e. The molecule has 74 valence electrons. The zero-order chi connectivity index (χ0) is 10.4. The Morgan fingerprint density at radius 3 is 2.73 bits per heavy atom. The Bertz CT molecular complexity index is 652. The number of hydrogen-bond acceptors (Lipinski definition) is 1. The Balaban J connectivity index is 2.61. The van der Waals surface area contributed by atoms with Gasteiger partial charge in [-0.2, -0.15) is 0 Å². The fourth-order valence-electron chi connectivity index (χ4n) is 1.95. The van der Waals surface area contributed by atoms with Crippen LogP contribution in [0.4, 0.5) is 4.39 Å². The summed E-state index contributed by atoms with van der Waals surface area (Å²) in [5.41, 5.74) is 2.42. The van der Waals surface area contributed by atoms with E-state index >= 15 is 0 Å². The monoisotopic (exact) mass is 200 g/mol. The molecule has 3 rings (SSSR count). The molecule has 2 aromatic carbocycles. The Labute approximate surface area is 86.1 Å². The van der Waals surface area contributed by atoms with Crippen LogP contribution in [0.5, 0.6) is 0 Å². The molecule has 0 spiro atoms. The highest BCUT2D eigenvalue weighted by Crippen LogP contribution is 2.30. The van der Waals surface area contributed by atoms with Gasteiger partial charge in [0.2, 0.25) is 0 Å². The highest BCUT2D eigenvalue weighted by molar-refractivity contribution is 6.05. The van der Waals surface area contributed by atoms with Gasteiger partial charge in [-0.25, -0.2) is 4.39 Å². The minimum absolute atomic E-state index is 0.216. The van der Waals surface area contributed by atoms with Crippen LogP contribution in [0.1, 0.15) is 5.56 Å². The summed E-state index contributed by atoms with van der Waals surface area (Å²) < 4.78 is 18.9. The van der Waals surface area contributed by atoms with Gasteiger partial charge < -0.3 is 4.42 Å². The van der Waals surface area contributed by atoms with Crippen LogP contribution in [-0.4, -0.2) is 0 Å². The summed E-state index contributed by atoms with van der Waals surface area (Å²) >= 11 is 0. The molecule has 1 heterocycles. The Hall–Kier alpha value is -1.83. The van der Waals surface area contributed by atoms with Crippen molar-refractivity contribution in [2.24, 2.45) is 0 Å². The molecule has 15 heavy (non-hydrogen) atoms. The van der Waals surface area contributed by atoms with Gasteiger partial charge in [-0.05, 0) is 30.7 Å². The van der Waals surface area contributed by atoms with E-state index in [2.05, 4.69) is 0 Å². The van der Waals surface area contributed by atoms with E-state index in [1.807, 2.05) is 31.2 Å². The quantitative estimate of drug-likeness (QED) is 0.534. The maximum atomic E-state index is 13.3. The van der Waals surface area contributed by atoms with Gasteiger partial charge in [0.05, 0.1) is 0 Å². The molecule has 0 fully saturated rings. The van der Waals surface area contributed by atoms with Gasteiger partial charge in [-0.3, -0.25) is 0 Å². The standard InChI is InChI=1S/C13H9FO/c1-8-6-9(14)7-11-10-4-2-3-5-12(10)15-13(8)11/h2-7H,1H3. The van der Waals surface area contributed by atoms with Gasteiger partial charge in [0, 0.05) is 10.8 Å². The molecule has 0 saturated carbocycles. The first-order valence-corrected chi connectivity index (χ1v) is 4.83. The summed E-state index contributed by atoms with van der Waals surface area (Å²) in [5.74, 6) is -0.216. The van der Waals surface area contributed by atoms with E-state index in [9.17, 15) is 4.39 Å². The Morgan fingerprint density at radius 2 is 1.87 bits per heavy atom.